The standard InChI is InChI=1S/C8H5NO6.HNO2/c10-6(11)3-1-5(8(14)15)9-2-4(3)7(12)13;2-1-3/h1-2H,(H,10,11)(H,12,13)(H,14,15);(H,2,3). The van der Waals surface area contributed by atoms with Gasteiger partial charge in [-0.3, -0.25) is 0 Å². The average molecular weight is 258 g/mol. The summed E-state index contributed by atoms with van der Waals surface area (Å²) in [4.78, 5) is 43.0. The normalized spacial score (nSPS) is 8.67. The molecule has 0 bridgehead atoms. The summed E-state index contributed by atoms with van der Waals surface area (Å²) < 4.78 is 0. The van der Waals surface area contributed by atoms with E-state index in [1.54, 1.807) is 0 Å². The molecule has 0 atom stereocenters. The zero-order chi connectivity index (χ0) is 14.3. The van der Waals surface area contributed by atoms with Gasteiger partial charge in [0.1, 0.15) is 5.69 Å². The van der Waals surface area contributed by atoms with E-state index >= 15 is 0 Å². The molecule has 1 rings (SSSR count). The molecule has 1 heterocycles. The van der Waals surface area contributed by atoms with Crippen molar-refractivity contribution in [2.75, 3.05) is 0 Å². The number of hydrogen-bond donors (Lipinski definition) is 4. The van der Waals surface area contributed by atoms with Crippen LogP contribution in [0.1, 0.15) is 31.2 Å². The summed E-state index contributed by atoms with van der Waals surface area (Å²) in [6, 6.07) is 0.702. The topological polar surface area (TPSA) is 174 Å². The van der Waals surface area contributed by atoms with Crippen molar-refractivity contribution >= 4 is 17.9 Å². The lowest BCUT2D eigenvalue weighted by atomic mass is 10.1. The first-order valence-corrected chi connectivity index (χ1v) is 4.01. The van der Waals surface area contributed by atoms with E-state index in [1.807, 2.05) is 0 Å². The number of carboxylic acids is 3. The Morgan fingerprint density at radius 1 is 1.00 bits per heavy atom. The molecule has 0 saturated heterocycles. The summed E-state index contributed by atoms with van der Waals surface area (Å²) in [6.45, 7) is 0. The third-order valence-electron chi connectivity index (χ3n) is 1.58. The van der Waals surface area contributed by atoms with Crippen LogP contribution in [0, 0.1) is 4.91 Å². The molecule has 0 aliphatic heterocycles. The van der Waals surface area contributed by atoms with Gasteiger partial charge in [-0.25, -0.2) is 19.4 Å². The van der Waals surface area contributed by atoms with Crippen LogP contribution in [-0.2, 0) is 0 Å². The first-order valence-electron chi connectivity index (χ1n) is 4.01. The van der Waals surface area contributed by atoms with Gasteiger partial charge in [0.05, 0.1) is 11.1 Å². The van der Waals surface area contributed by atoms with E-state index in [1.165, 1.54) is 5.34 Å². The SMILES string of the molecule is O=C(O)c1cc(C(=O)O)c(C(=O)O)cn1.O=NO. The van der Waals surface area contributed by atoms with E-state index in [0.29, 0.717) is 12.3 Å². The maximum absolute atomic E-state index is 10.6. The van der Waals surface area contributed by atoms with Gasteiger partial charge in [0, 0.05) is 6.20 Å². The van der Waals surface area contributed by atoms with Gasteiger partial charge in [-0.15, -0.1) is 4.91 Å². The molecule has 18 heavy (non-hydrogen) atoms. The molecule has 0 aliphatic rings. The minimum atomic E-state index is -1.52. The quantitative estimate of drug-likeness (QED) is 0.439. The number of aromatic carboxylic acids is 3. The van der Waals surface area contributed by atoms with Gasteiger partial charge in [-0.05, 0) is 6.07 Å². The van der Waals surface area contributed by atoms with Gasteiger partial charge in [-0.2, -0.15) is 0 Å². The lowest BCUT2D eigenvalue weighted by Crippen LogP contribution is -2.12. The molecule has 0 fully saturated rings. The van der Waals surface area contributed by atoms with Crippen molar-refractivity contribution in [3.63, 3.8) is 0 Å². The number of hydrogen-bond acceptors (Lipinski definition) is 6. The van der Waals surface area contributed by atoms with Gasteiger partial charge in [0.15, 0.2) is 5.34 Å². The Morgan fingerprint density at radius 2 is 1.44 bits per heavy atom. The van der Waals surface area contributed by atoms with Crippen molar-refractivity contribution in [1.29, 1.82) is 0 Å². The van der Waals surface area contributed by atoms with Crippen molar-refractivity contribution < 1.29 is 34.9 Å². The Hall–Kier alpha value is -3.04. The maximum atomic E-state index is 10.6. The molecule has 0 unspecified atom stereocenters. The summed E-state index contributed by atoms with van der Waals surface area (Å²) in [6.07, 6.45) is 0.704. The first-order chi connectivity index (χ1) is 8.34. The third kappa shape index (κ3) is 3.84. The highest BCUT2D eigenvalue weighted by atomic mass is 16.6. The van der Waals surface area contributed by atoms with Gasteiger partial charge >= 0.3 is 17.9 Å². The second kappa shape index (κ2) is 6.52. The molecule has 0 saturated carbocycles. The monoisotopic (exact) mass is 258 g/mol. The summed E-state index contributed by atoms with van der Waals surface area (Å²) in [5, 5.41) is 33.6. The Balaban J connectivity index is 0.000000873. The number of pyridine rings is 1. The van der Waals surface area contributed by atoms with Crippen LogP contribution in [0.4, 0.5) is 0 Å². The van der Waals surface area contributed by atoms with E-state index in [2.05, 4.69) is 4.98 Å². The largest absolute Gasteiger partial charge is 0.478 e. The van der Waals surface area contributed by atoms with Crippen LogP contribution in [0.2, 0.25) is 0 Å². The Bertz CT molecular complexity index is 498. The van der Waals surface area contributed by atoms with Crippen LogP contribution in [0.25, 0.3) is 0 Å². The van der Waals surface area contributed by atoms with Crippen molar-refractivity contribution in [3.8, 4) is 0 Å². The molecule has 0 spiro atoms. The van der Waals surface area contributed by atoms with Crippen LogP contribution in [0.5, 0.6) is 0 Å². The highest BCUT2D eigenvalue weighted by Gasteiger charge is 2.19. The van der Waals surface area contributed by atoms with Crippen molar-refractivity contribution in [3.05, 3.63) is 34.0 Å². The minimum Gasteiger partial charge on any atom is -0.478 e. The number of carbonyl (C=O) groups is 3. The highest BCUT2D eigenvalue weighted by molar-refractivity contribution is 6.02. The van der Waals surface area contributed by atoms with Crippen molar-refractivity contribution in [1.82, 2.24) is 4.98 Å². The maximum Gasteiger partial charge on any atom is 0.354 e. The van der Waals surface area contributed by atoms with Crippen molar-refractivity contribution in [2.24, 2.45) is 5.34 Å². The second-order valence-electron chi connectivity index (χ2n) is 2.61. The lowest BCUT2D eigenvalue weighted by molar-refractivity contribution is 0.0647. The van der Waals surface area contributed by atoms with E-state index in [-0.39, 0.29) is 0 Å². The van der Waals surface area contributed by atoms with Gasteiger partial charge in [0.2, 0.25) is 0 Å². The molecule has 10 nitrogen and oxygen atoms in total. The fourth-order valence-electron chi connectivity index (χ4n) is 0.920. The number of rotatable bonds is 3. The molecule has 0 radical (unpaired) electrons. The molecule has 1 aromatic rings. The van der Waals surface area contributed by atoms with Crippen LogP contribution >= 0.6 is 0 Å². The summed E-state index contributed by atoms with van der Waals surface area (Å²) >= 11 is 0. The van der Waals surface area contributed by atoms with Crippen LogP contribution < -0.4 is 0 Å². The molecular weight excluding hydrogens is 252 g/mol. The summed E-state index contributed by atoms with van der Waals surface area (Å²) in [5.41, 5.74) is -1.67. The number of aromatic nitrogens is 1. The minimum absolute atomic E-state index is 0.516. The molecular formula is C8H6N2O8. The van der Waals surface area contributed by atoms with E-state index in [9.17, 15) is 14.4 Å². The Morgan fingerprint density at radius 3 is 1.78 bits per heavy atom. The van der Waals surface area contributed by atoms with Gasteiger partial charge in [0.25, 0.3) is 0 Å². The van der Waals surface area contributed by atoms with Crippen LogP contribution in [0.15, 0.2) is 17.6 Å². The smallest absolute Gasteiger partial charge is 0.354 e. The van der Waals surface area contributed by atoms with E-state index in [0.717, 1.165) is 0 Å². The fourth-order valence-corrected chi connectivity index (χ4v) is 0.920. The molecule has 10 heteroatoms. The molecule has 96 valence electrons. The summed E-state index contributed by atoms with van der Waals surface area (Å²) in [7, 11) is 0. The van der Waals surface area contributed by atoms with E-state index < -0.39 is 34.7 Å². The molecule has 0 aromatic carbocycles. The Labute approximate surface area is 98.1 Å². The predicted molar refractivity (Wildman–Crippen MR) is 52.7 cm³/mol. The molecule has 1 aromatic heterocycles. The summed E-state index contributed by atoms with van der Waals surface area (Å²) in [5.74, 6) is -4.41. The zero-order valence-corrected chi connectivity index (χ0v) is 8.47. The highest BCUT2D eigenvalue weighted by Crippen LogP contribution is 2.10. The lowest BCUT2D eigenvalue weighted by Gasteiger charge is -2.01. The molecule has 0 amide bonds. The van der Waals surface area contributed by atoms with Gasteiger partial charge in [-0.1, -0.05) is 0 Å². The number of nitrogens with zero attached hydrogens (tertiary/aromatic N) is 2. The molecule has 0 aliphatic carbocycles. The second-order valence-corrected chi connectivity index (χ2v) is 2.61. The Kier molecular flexibility index (Phi) is 5.42. The number of carboxylic acid groups (broad SMARTS) is 3. The average Bonchev–Trinajstić information content (AvgIpc) is 2.28. The fraction of sp³-hybridized carbons (Fsp3) is 0. The first kappa shape index (κ1) is 15.0. The predicted octanol–water partition coefficient (Wildman–Crippen LogP) is 0.318. The van der Waals surface area contributed by atoms with E-state index in [4.69, 9.17) is 25.4 Å². The third-order valence-corrected chi connectivity index (χ3v) is 1.58. The zero-order valence-electron chi connectivity index (χ0n) is 8.47. The van der Waals surface area contributed by atoms with Crippen LogP contribution in [-0.4, -0.2) is 43.4 Å². The van der Waals surface area contributed by atoms with Crippen molar-refractivity contribution in [2.45, 2.75) is 0 Å². The molecule has 4 N–H and O–H groups in total. The van der Waals surface area contributed by atoms with Crippen LogP contribution in [0.3, 0.4) is 0 Å². The van der Waals surface area contributed by atoms with Gasteiger partial charge < -0.3 is 20.5 Å².